The highest BCUT2D eigenvalue weighted by molar-refractivity contribution is 5.79. The van der Waals surface area contributed by atoms with Gasteiger partial charge < -0.3 is 15.5 Å². The molecule has 0 aromatic heterocycles. The summed E-state index contributed by atoms with van der Waals surface area (Å²) in [6, 6.07) is 11.2. The van der Waals surface area contributed by atoms with Crippen molar-refractivity contribution in [3.63, 3.8) is 0 Å². The lowest BCUT2D eigenvalue weighted by molar-refractivity contribution is 0.251. The molecule has 1 heterocycles. The number of hydrogen-bond acceptors (Lipinski definition) is 3. The third kappa shape index (κ3) is 7.80. The van der Waals surface area contributed by atoms with Crippen LogP contribution in [0.1, 0.15) is 58.1 Å². The second-order valence-electron chi connectivity index (χ2n) is 7.55. The molecule has 0 spiro atoms. The molecule has 28 heavy (non-hydrogen) atoms. The average molecular weight is 388 g/mol. The Morgan fingerprint density at radius 1 is 1.04 bits per heavy atom. The Hall–Kier alpha value is -1.59. The number of nitrogens with one attached hydrogen (secondary N) is 2. The summed E-state index contributed by atoms with van der Waals surface area (Å²) in [5.74, 6) is 0.950. The van der Waals surface area contributed by atoms with E-state index in [0.29, 0.717) is 6.04 Å². The van der Waals surface area contributed by atoms with E-state index in [4.69, 9.17) is 4.99 Å². The maximum Gasteiger partial charge on any atom is 0.191 e. The molecule has 5 heteroatoms. The van der Waals surface area contributed by atoms with Crippen LogP contribution in [-0.4, -0.2) is 68.1 Å². The minimum absolute atomic E-state index is 0.377. The summed E-state index contributed by atoms with van der Waals surface area (Å²) in [5, 5.41) is 6.94. The minimum Gasteiger partial charge on any atom is -0.357 e. The zero-order chi connectivity index (χ0) is 20.0. The predicted octanol–water partition coefficient (Wildman–Crippen LogP) is 3.50. The van der Waals surface area contributed by atoms with E-state index in [9.17, 15) is 0 Å². The first-order chi connectivity index (χ1) is 13.8. The topological polar surface area (TPSA) is 42.9 Å². The Morgan fingerprint density at radius 2 is 1.75 bits per heavy atom. The molecule has 1 fully saturated rings. The summed E-state index contributed by atoms with van der Waals surface area (Å²) in [5.41, 5.74) is 1.38. The molecule has 0 saturated carbocycles. The number of unbranched alkanes of at least 4 members (excludes halogenated alkanes) is 1. The highest BCUT2D eigenvalue weighted by Crippen LogP contribution is 2.25. The molecule has 158 valence electrons. The van der Waals surface area contributed by atoms with Crippen molar-refractivity contribution in [2.24, 2.45) is 4.99 Å². The van der Waals surface area contributed by atoms with Gasteiger partial charge in [0.15, 0.2) is 5.96 Å². The van der Waals surface area contributed by atoms with Gasteiger partial charge in [-0.05, 0) is 70.9 Å². The quantitative estimate of drug-likeness (QED) is 0.327. The van der Waals surface area contributed by atoms with E-state index in [1.54, 1.807) is 0 Å². The van der Waals surface area contributed by atoms with Crippen molar-refractivity contribution in [1.29, 1.82) is 0 Å². The molecular weight excluding hydrogens is 346 g/mol. The monoisotopic (exact) mass is 387 g/mol. The molecule has 1 aliphatic rings. The number of likely N-dealkylation sites (tertiary alicyclic amines) is 1. The molecule has 5 nitrogen and oxygen atoms in total. The van der Waals surface area contributed by atoms with Crippen molar-refractivity contribution in [3.05, 3.63) is 35.9 Å². The van der Waals surface area contributed by atoms with Crippen molar-refractivity contribution >= 4 is 5.96 Å². The number of nitrogens with zero attached hydrogens (tertiary/aromatic N) is 3. The van der Waals surface area contributed by atoms with E-state index in [0.717, 1.165) is 38.7 Å². The number of hydrogen-bond donors (Lipinski definition) is 2. The summed E-state index contributed by atoms with van der Waals surface area (Å²) in [6.07, 6.45) is 5.01. The van der Waals surface area contributed by atoms with Gasteiger partial charge in [0.05, 0.1) is 12.6 Å². The van der Waals surface area contributed by atoms with Gasteiger partial charge in [-0.15, -0.1) is 0 Å². The van der Waals surface area contributed by atoms with Gasteiger partial charge >= 0.3 is 0 Å². The van der Waals surface area contributed by atoms with Gasteiger partial charge in [0.25, 0.3) is 0 Å². The van der Waals surface area contributed by atoms with Crippen LogP contribution in [-0.2, 0) is 0 Å². The Morgan fingerprint density at radius 3 is 2.39 bits per heavy atom. The van der Waals surface area contributed by atoms with Crippen molar-refractivity contribution in [1.82, 2.24) is 20.4 Å². The fourth-order valence-electron chi connectivity index (χ4n) is 3.89. The Kier molecular flexibility index (Phi) is 11.0. The van der Waals surface area contributed by atoms with Crippen molar-refractivity contribution in [3.8, 4) is 0 Å². The lowest BCUT2D eigenvalue weighted by atomic mass is 10.1. The van der Waals surface area contributed by atoms with E-state index >= 15 is 0 Å². The molecule has 0 bridgehead atoms. The molecular formula is C23H41N5. The van der Waals surface area contributed by atoms with E-state index < -0.39 is 0 Å². The third-order valence-corrected chi connectivity index (χ3v) is 5.62. The fraction of sp³-hybridized carbons (Fsp3) is 0.696. The zero-order valence-electron chi connectivity index (χ0n) is 18.3. The predicted molar refractivity (Wildman–Crippen MR) is 121 cm³/mol. The molecule has 2 N–H and O–H groups in total. The van der Waals surface area contributed by atoms with Crippen LogP contribution in [0.2, 0.25) is 0 Å². The highest BCUT2D eigenvalue weighted by Gasteiger charge is 2.23. The largest absolute Gasteiger partial charge is 0.357 e. The first kappa shape index (κ1) is 22.7. The van der Waals surface area contributed by atoms with Gasteiger partial charge in [0, 0.05) is 13.1 Å². The molecule has 1 aromatic carbocycles. The maximum atomic E-state index is 4.94. The van der Waals surface area contributed by atoms with Gasteiger partial charge in [-0.25, -0.2) is 0 Å². The number of benzene rings is 1. The summed E-state index contributed by atoms with van der Waals surface area (Å²) in [6.45, 7) is 15.1. The van der Waals surface area contributed by atoms with Crippen LogP contribution in [0, 0.1) is 0 Å². The first-order valence-electron chi connectivity index (χ1n) is 11.3. The summed E-state index contributed by atoms with van der Waals surface area (Å²) >= 11 is 0. The van der Waals surface area contributed by atoms with Gasteiger partial charge in [0.1, 0.15) is 0 Å². The minimum atomic E-state index is 0.377. The van der Waals surface area contributed by atoms with Crippen LogP contribution in [0.5, 0.6) is 0 Å². The Bertz CT molecular complexity index is 535. The van der Waals surface area contributed by atoms with Crippen LogP contribution < -0.4 is 10.6 Å². The molecule has 1 aromatic rings. The SMILES string of the molecule is CCNC(=NCC(c1ccccc1)N1CCCC1)NCCCCN(CC)CC. The summed E-state index contributed by atoms with van der Waals surface area (Å²) in [4.78, 5) is 10.0. The van der Waals surface area contributed by atoms with Gasteiger partial charge in [-0.3, -0.25) is 9.89 Å². The molecule has 0 amide bonds. The standard InChI is InChI=1S/C23H41N5/c1-4-24-23(25-16-10-11-17-27(5-2)6-3)26-20-22(28-18-12-13-19-28)21-14-8-7-9-15-21/h7-9,14-15,22H,4-6,10-13,16-20H2,1-3H3,(H2,24,25,26). The van der Waals surface area contributed by atoms with E-state index in [2.05, 4.69) is 71.5 Å². The Labute approximate surface area is 172 Å². The summed E-state index contributed by atoms with van der Waals surface area (Å²) in [7, 11) is 0. The molecule has 2 rings (SSSR count). The van der Waals surface area contributed by atoms with E-state index in [1.807, 2.05) is 0 Å². The first-order valence-corrected chi connectivity index (χ1v) is 11.3. The van der Waals surface area contributed by atoms with Crippen LogP contribution in [0.3, 0.4) is 0 Å². The average Bonchev–Trinajstić information content (AvgIpc) is 3.26. The van der Waals surface area contributed by atoms with Gasteiger partial charge in [0.2, 0.25) is 0 Å². The molecule has 1 aliphatic heterocycles. The number of rotatable bonds is 12. The normalized spacial score (nSPS) is 16.5. The van der Waals surface area contributed by atoms with E-state index in [-0.39, 0.29) is 0 Å². The Balaban J connectivity index is 1.87. The zero-order valence-corrected chi connectivity index (χ0v) is 18.3. The molecule has 0 radical (unpaired) electrons. The molecule has 0 aliphatic carbocycles. The van der Waals surface area contributed by atoms with E-state index in [1.165, 1.54) is 50.9 Å². The van der Waals surface area contributed by atoms with Crippen LogP contribution >= 0.6 is 0 Å². The van der Waals surface area contributed by atoms with Gasteiger partial charge in [-0.2, -0.15) is 0 Å². The lowest BCUT2D eigenvalue weighted by Gasteiger charge is -2.27. The molecule has 1 saturated heterocycles. The second kappa shape index (κ2) is 13.6. The second-order valence-corrected chi connectivity index (χ2v) is 7.55. The third-order valence-electron chi connectivity index (χ3n) is 5.62. The number of guanidine groups is 1. The molecule has 1 atom stereocenters. The fourth-order valence-corrected chi connectivity index (χ4v) is 3.89. The van der Waals surface area contributed by atoms with Crippen molar-refractivity contribution < 1.29 is 0 Å². The maximum absolute atomic E-state index is 4.94. The van der Waals surface area contributed by atoms with Gasteiger partial charge in [-0.1, -0.05) is 44.2 Å². The highest BCUT2D eigenvalue weighted by atomic mass is 15.2. The smallest absolute Gasteiger partial charge is 0.191 e. The summed E-state index contributed by atoms with van der Waals surface area (Å²) < 4.78 is 0. The molecule has 1 unspecified atom stereocenters. The van der Waals surface area contributed by atoms with Crippen LogP contribution in [0.4, 0.5) is 0 Å². The van der Waals surface area contributed by atoms with Crippen molar-refractivity contribution in [2.75, 3.05) is 52.4 Å². The number of aliphatic imine (C=N–C) groups is 1. The van der Waals surface area contributed by atoms with Crippen LogP contribution in [0.15, 0.2) is 35.3 Å². The van der Waals surface area contributed by atoms with Crippen LogP contribution in [0.25, 0.3) is 0 Å². The lowest BCUT2D eigenvalue weighted by Crippen LogP contribution is -2.39. The van der Waals surface area contributed by atoms with Crippen molar-refractivity contribution in [2.45, 2.75) is 52.5 Å².